The molecular weight excluding hydrogens is 474 g/mol. The molecule has 0 bridgehead atoms. The molecule has 8 nitrogen and oxygen atoms in total. The molecule has 3 aromatic heterocycles. The number of rotatable bonds is 6. The number of carbonyl (C=O) groups is 1. The molecule has 0 aliphatic carbocycles. The van der Waals surface area contributed by atoms with Crippen molar-refractivity contribution in [3.05, 3.63) is 108 Å². The number of anilines is 2. The molecule has 0 radical (unpaired) electrons. The summed E-state index contributed by atoms with van der Waals surface area (Å²) >= 11 is 0. The second-order valence-electron chi connectivity index (χ2n) is 8.05. The van der Waals surface area contributed by atoms with Crippen LogP contribution in [0.3, 0.4) is 0 Å². The number of hydrogen-bond donors (Lipinski definition) is 2. The minimum absolute atomic E-state index is 0.0190. The van der Waals surface area contributed by atoms with E-state index in [9.17, 15) is 13.2 Å². The van der Waals surface area contributed by atoms with Crippen molar-refractivity contribution >= 4 is 38.3 Å². The third-order valence-corrected chi connectivity index (χ3v) is 6.88. The maximum absolute atomic E-state index is 13.2. The fraction of sp³-hybridized carbons (Fsp3) is 0.0370. The predicted molar refractivity (Wildman–Crippen MR) is 139 cm³/mol. The second kappa shape index (κ2) is 9.55. The molecule has 178 valence electrons. The van der Waals surface area contributed by atoms with Gasteiger partial charge in [-0.15, -0.1) is 0 Å². The van der Waals surface area contributed by atoms with Crippen LogP contribution in [0.15, 0.2) is 102 Å². The first-order valence-corrected chi connectivity index (χ1v) is 12.6. The van der Waals surface area contributed by atoms with E-state index in [1.807, 2.05) is 37.3 Å². The van der Waals surface area contributed by atoms with Crippen LogP contribution in [0.1, 0.15) is 15.9 Å². The van der Waals surface area contributed by atoms with Gasteiger partial charge in [-0.2, -0.15) is 0 Å². The van der Waals surface area contributed by atoms with Gasteiger partial charge in [0.05, 0.1) is 16.3 Å². The Kier molecular flexibility index (Phi) is 6.14. The number of sulfonamides is 1. The molecule has 36 heavy (non-hydrogen) atoms. The number of nitrogens with one attached hydrogen (secondary N) is 2. The molecule has 5 aromatic rings. The van der Waals surface area contributed by atoms with Gasteiger partial charge in [0.1, 0.15) is 5.52 Å². The SMILES string of the molecule is Cc1cccnc1-c1cc2cccnc2c(NS(=O)(=O)c2ccc(NC(=O)c3ccccc3)cc2)n1. The van der Waals surface area contributed by atoms with E-state index in [2.05, 4.69) is 25.0 Å². The Morgan fingerprint density at radius 2 is 1.56 bits per heavy atom. The van der Waals surface area contributed by atoms with E-state index in [1.54, 1.807) is 42.7 Å². The first kappa shape index (κ1) is 23.1. The summed E-state index contributed by atoms with van der Waals surface area (Å²) in [7, 11) is -4.00. The Morgan fingerprint density at radius 3 is 2.31 bits per heavy atom. The molecule has 0 atom stereocenters. The fourth-order valence-corrected chi connectivity index (χ4v) is 4.74. The number of benzene rings is 2. The van der Waals surface area contributed by atoms with Gasteiger partial charge in [-0.25, -0.2) is 13.4 Å². The second-order valence-corrected chi connectivity index (χ2v) is 9.73. The molecule has 0 unspecified atom stereocenters. The molecule has 0 aliphatic heterocycles. The summed E-state index contributed by atoms with van der Waals surface area (Å²) in [6.45, 7) is 1.92. The molecule has 0 saturated carbocycles. The van der Waals surface area contributed by atoms with Crippen molar-refractivity contribution in [3.63, 3.8) is 0 Å². The molecule has 9 heteroatoms. The van der Waals surface area contributed by atoms with E-state index in [4.69, 9.17) is 0 Å². The van der Waals surface area contributed by atoms with Crippen molar-refractivity contribution in [3.8, 4) is 11.4 Å². The van der Waals surface area contributed by atoms with Crippen LogP contribution in [0.4, 0.5) is 11.5 Å². The topological polar surface area (TPSA) is 114 Å². The number of aromatic nitrogens is 3. The van der Waals surface area contributed by atoms with Crippen LogP contribution in [-0.4, -0.2) is 29.3 Å². The van der Waals surface area contributed by atoms with E-state index in [-0.39, 0.29) is 16.6 Å². The zero-order chi connectivity index (χ0) is 25.1. The highest BCUT2D eigenvalue weighted by Gasteiger charge is 2.19. The lowest BCUT2D eigenvalue weighted by atomic mass is 10.1. The Hall–Kier alpha value is -4.63. The highest BCUT2D eigenvalue weighted by Crippen LogP contribution is 2.28. The number of amides is 1. The Balaban J connectivity index is 1.44. The van der Waals surface area contributed by atoms with Gasteiger partial charge in [0, 0.05) is 29.0 Å². The number of carbonyl (C=O) groups excluding carboxylic acids is 1. The minimum atomic E-state index is -4.00. The van der Waals surface area contributed by atoms with E-state index >= 15 is 0 Å². The molecule has 1 amide bonds. The van der Waals surface area contributed by atoms with Crippen molar-refractivity contribution in [1.29, 1.82) is 0 Å². The minimum Gasteiger partial charge on any atom is -0.322 e. The molecular formula is C27H21N5O3S. The number of pyridine rings is 3. The molecule has 2 N–H and O–H groups in total. The largest absolute Gasteiger partial charge is 0.322 e. The summed E-state index contributed by atoms with van der Waals surface area (Å²) in [5.74, 6) is -0.178. The van der Waals surface area contributed by atoms with Crippen LogP contribution in [0.25, 0.3) is 22.3 Å². The van der Waals surface area contributed by atoms with Gasteiger partial charge in [0.15, 0.2) is 5.82 Å². The number of fused-ring (bicyclic) bond motifs is 1. The van der Waals surface area contributed by atoms with Crippen LogP contribution in [0.5, 0.6) is 0 Å². The predicted octanol–water partition coefficient (Wildman–Crippen LogP) is 5.05. The average molecular weight is 496 g/mol. The van der Waals surface area contributed by atoms with Crippen LogP contribution in [0, 0.1) is 6.92 Å². The Morgan fingerprint density at radius 1 is 0.833 bits per heavy atom. The third kappa shape index (κ3) is 4.77. The summed E-state index contributed by atoms with van der Waals surface area (Å²) < 4.78 is 29.0. The first-order chi connectivity index (χ1) is 17.4. The Labute approximate surface area is 208 Å². The van der Waals surface area contributed by atoms with Crippen LogP contribution in [0.2, 0.25) is 0 Å². The van der Waals surface area contributed by atoms with Gasteiger partial charge in [-0.05, 0) is 67.1 Å². The van der Waals surface area contributed by atoms with E-state index in [1.165, 1.54) is 24.3 Å². The quantitative estimate of drug-likeness (QED) is 0.341. The van der Waals surface area contributed by atoms with Crippen molar-refractivity contribution in [2.24, 2.45) is 0 Å². The van der Waals surface area contributed by atoms with E-state index in [0.717, 1.165) is 10.9 Å². The highest BCUT2D eigenvalue weighted by atomic mass is 32.2. The van der Waals surface area contributed by atoms with E-state index < -0.39 is 10.0 Å². The summed E-state index contributed by atoms with van der Waals surface area (Å²) in [5, 5.41) is 3.48. The van der Waals surface area contributed by atoms with Crippen molar-refractivity contribution in [2.45, 2.75) is 11.8 Å². The van der Waals surface area contributed by atoms with Crippen LogP contribution in [-0.2, 0) is 10.0 Å². The fourth-order valence-electron chi connectivity index (χ4n) is 3.73. The van der Waals surface area contributed by atoms with Crippen LogP contribution >= 0.6 is 0 Å². The molecule has 5 rings (SSSR count). The zero-order valence-electron chi connectivity index (χ0n) is 19.2. The van der Waals surface area contributed by atoms with Gasteiger partial charge >= 0.3 is 0 Å². The molecule has 2 aromatic carbocycles. The van der Waals surface area contributed by atoms with Crippen molar-refractivity contribution in [2.75, 3.05) is 10.0 Å². The molecule has 3 heterocycles. The van der Waals surface area contributed by atoms with E-state index in [0.29, 0.717) is 28.2 Å². The lowest BCUT2D eigenvalue weighted by molar-refractivity contribution is 0.102. The van der Waals surface area contributed by atoms with Gasteiger partial charge in [-0.1, -0.05) is 30.3 Å². The smallest absolute Gasteiger partial charge is 0.263 e. The third-order valence-electron chi connectivity index (χ3n) is 5.53. The number of nitrogens with zero attached hydrogens (tertiary/aromatic N) is 3. The van der Waals surface area contributed by atoms with Gasteiger partial charge in [0.25, 0.3) is 15.9 Å². The summed E-state index contributed by atoms with van der Waals surface area (Å²) in [6.07, 6.45) is 3.25. The van der Waals surface area contributed by atoms with Crippen molar-refractivity contribution < 1.29 is 13.2 Å². The average Bonchev–Trinajstić information content (AvgIpc) is 2.89. The lowest BCUT2D eigenvalue weighted by Gasteiger charge is -2.13. The molecule has 0 aliphatic rings. The van der Waals surface area contributed by atoms with Gasteiger partial charge in [-0.3, -0.25) is 19.5 Å². The van der Waals surface area contributed by atoms with Gasteiger partial charge in [0.2, 0.25) is 0 Å². The van der Waals surface area contributed by atoms with Crippen LogP contribution < -0.4 is 10.0 Å². The van der Waals surface area contributed by atoms with Gasteiger partial charge < -0.3 is 5.32 Å². The molecule has 0 saturated heterocycles. The maximum Gasteiger partial charge on any atom is 0.263 e. The maximum atomic E-state index is 13.2. The normalized spacial score (nSPS) is 11.2. The monoisotopic (exact) mass is 495 g/mol. The number of hydrogen-bond acceptors (Lipinski definition) is 6. The lowest BCUT2D eigenvalue weighted by Crippen LogP contribution is -2.15. The summed E-state index contributed by atoms with van der Waals surface area (Å²) in [5.41, 5.74) is 3.50. The zero-order valence-corrected chi connectivity index (χ0v) is 20.0. The number of aryl methyl sites for hydroxylation is 1. The summed E-state index contributed by atoms with van der Waals surface area (Å²) in [6, 6.07) is 23.9. The molecule has 0 spiro atoms. The molecule has 0 fully saturated rings. The highest BCUT2D eigenvalue weighted by molar-refractivity contribution is 7.92. The standard InChI is InChI=1S/C27H21N5O3S/c1-18-7-5-15-28-24(18)23-17-20-10-6-16-29-25(20)26(31-23)32-36(34,35)22-13-11-21(12-14-22)30-27(33)19-8-3-2-4-9-19/h2-17H,1H3,(H,30,33)(H,31,32). The Bertz CT molecular complexity index is 1670. The van der Waals surface area contributed by atoms with Crippen molar-refractivity contribution in [1.82, 2.24) is 15.0 Å². The first-order valence-electron chi connectivity index (χ1n) is 11.1. The summed E-state index contributed by atoms with van der Waals surface area (Å²) in [4.78, 5) is 25.7.